The number of pyridine rings is 1. The van der Waals surface area contributed by atoms with Crippen LogP contribution >= 0.6 is 0 Å². The fourth-order valence-corrected chi connectivity index (χ4v) is 6.64. The van der Waals surface area contributed by atoms with Crippen molar-refractivity contribution < 1.29 is 4.79 Å². The molecule has 0 fully saturated rings. The zero-order valence-corrected chi connectivity index (χ0v) is 29.1. The van der Waals surface area contributed by atoms with Crippen LogP contribution in [0.1, 0.15) is 82.3 Å². The second-order valence-corrected chi connectivity index (χ2v) is 14.5. The van der Waals surface area contributed by atoms with E-state index in [0.29, 0.717) is 11.8 Å². The first kappa shape index (κ1) is 33.3. The number of carbonyl (C=O) groups is 1. The Labute approximate surface area is 273 Å². The lowest BCUT2D eigenvalue weighted by molar-refractivity contribution is -0.137. The van der Waals surface area contributed by atoms with Crippen molar-refractivity contribution in [2.24, 2.45) is 11.8 Å². The molecule has 244 valence electrons. The highest BCUT2D eigenvalue weighted by molar-refractivity contribution is 5.93. The van der Waals surface area contributed by atoms with E-state index < -0.39 is 5.41 Å². The molecule has 2 aromatic carbocycles. The molecule has 3 heterocycles. The quantitative estimate of drug-likeness (QED) is 0.118. The van der Waals surface area contributed by atoms with Crippen LogP contribution in [0.15, 0.2) is 48.7 Å². The number of rotatable bonds is 13. The predicted octanol–water partition coefficient (Wildman–Crippen LogP) is 7.47. The van der Waals surface area contributed by atoms with Crippen LogP contribution in [0.3, 0.4) is 0 Å². The average Bonchev–Trinajstić information content (AvgIpc) is 3.61. The smallest absolute Gasteiger partial charge is 0.234 e. The summed E-state index contributed by atoms with van der Waals surface area (Å²) < 4.78 is 0. The molecule has 3 aromatic heterocycles. The Morgan fingerprint density at radius 2 is 1.59 bits per heavy atom. The summed E-state index contributed by atoms with van der Waals surface area (Å²) in [6, 6.07) is 15.1. The van der Waals surface area contributed by atoms with Gasteiger partial charge in [-0.05, 0) is 105 Å². The molecule has 0 bridgehead atoms. The molecule has 0 radical (unpaired) electrons. The number of nitrogens with zero attached hydrogens (tertiary/aromatic N) is 4. The van der Waals surface area contributed by atoms with Crippen LogP contribution in [0.2, 0.25) is 0 Å². The lowest BCUT2D eigenvalue weighted by Crippen LogP contribution is -2.46. The van der Waals surface area contributed by atoms with Gasteiger partial charge in [0.25, 0.3) is 0 Å². The number of amides is 1. The molecule has 0 unspecified atom stereocenters. The van der Waals surface area contributed by atoms with Gasteiger partial charge < -0.3 is 15.2 Å². The Morgan fingerprint density at radius 1 is 0.913 bits per heavy atom. The lowest BCUT2D eigenvalue weighted by Gasteiger charge is -2.34. The summed E-state index contributed by atoms with van der Waals surface area (Å²) in [5.74, 6) is 1.12. The van der Waals surface area contributed by atoms with Gasteiger partial charge in [0, 0.05) is 25.0 Å². The van der Waals surface area contributed by atoms with E-state index in [1.54, 1.807) is 0 Å². The summed E-state index contributed by atoms with van der Waals surface area (Å²) >= 11 is 0. The number of aromatic nitrogens is 5. The van der Waals surface area contributed by atoms with Crippen molar-refractivity contribution in [3.8, 4) is 11.3 Å². The number of aryl methyl sites for hydroxylation is 2. The molecule has 8 nitrogen and oxygen atoms in total. The maximum Gasteiger partial charge on any atom is 0.234 e. The van der Waals surface area contributed by atoms with Gasteiger partial charge in [0.15, 0.2) is 0 Å². The standard InChI is InChI=1S/C38H51N7O/c1-23(2)21-45(22-24(3)4)37(46)38(8,9)34-18-30-33(20-40-34)41-36(29-15-25(5)14-26(6)16-29)35(30)27(7)19-39-13-12-28-10-11-31-32(17-28)43-44-42-31/h10-11,14-18,20,23-24,27,39,41H,12-13,19,21-22H2,1-9H3,(H,42,43,44)/t27-/m1/s1. The van der Waals surface area contributed by atoms with Crippen LogP contribution in [0.5, 0.6) is 0 Å². The van der Waals surface area contributed by atoms with Gasteiger partial charge in [0.05, 0.1) is 28.5 Å². The maximum absolute atomic E-state index is 14.1. The van der Waals surface area contributed by atoms with E-state index in [2.05, 4.69) is 111 Å². The molecule has 0 aliphatic heterocycles. The number of nitrogens with one attached hydrogen (secondary N) is 3. The molecule has 8 heteroatoms. The van der Waals surface area contributed by atoms with Crippen LogP contribution in [0, 0.1) is 25.7 Å². The number of H-pyrrole nitrogens is 2. The Morgan fingerprint density at radius 3 is 2.26 bits per heavy atom. The molecular formula is C38H51N7O. The van der Waals surface area contributed by atoms with Gasteiger partial charge in [-0.2, -0.15) is 15.4 Å². The molecule has 46 heavy (non-hydrogen) atoms. The zero-order valence-electron chi connectivity index (χ0n) is 29.1. The fraction of sp³-hybridized carbons (Fsp3) is 0.474. The first-order chi connectivity index (χ1) is 21.8. The monoisotopic (exact) mass is 621 g/mol. The van der Waals surface area contributed by atoms with Crippen molar-refractivity contribution in [1.29, 1.82) is 0 Å². The van der Waals surface area contributed by atoms with Crippen molar-refractivity contribution in [1.82, 2.24) is 35.6 Å². The van der Waals surface area contributed by atoms with E-state index in [9.17, 15) is 4.79 Å². The minimum absolute atomic E-state index is 0.131. The van der Waals surface area contributed by atoms with Crippen molar-refractivity contribution in [3.05, 3.63) is 76.6 Å². The van der Waals surface area contributed by atoms with Gasteiger partial charge in [-0.25, -0.2) is 0 Å². The third-order valence-electron chi connectivity index (χ3n) is 8.78. The Kier molecular flexibility index (Phi) is 9.96. The Bertz CT molecular complexity index is 1780. The van der Waals surface area contributed by atoms with Gasteiger partial charge in [-0.1, -0.05) is 57.9 Å². The van der Waals surface area contributed by atoms with Crippen LogP contribution in [0.25, 0.3) is 33.2 Å². The molecule has 5 rings (SSSR count). The molecule has 0 aliphatic carbocycles. The predicted molar refractivity (Wildman–Crippen MR) is 189 cm³/mol. The summed E-state index contributed by atoms with van der Waals surface area (Å²) in [5.41, 5.74) is 10.1. The van der Waals surface area contributed by atoms with Crippen molar-refractivity contribution in [2.45, 2.75) is 80.1 Å². The number of hydrogen-bond acceptors (Lipinski definition) is 5. The summed E-state index contributed by atoms with van der Waals surface area (Å²) in [6.45, 7) is 22.4. The van der Waals surface area contributed by atoms with E-state index in [-0.39, 0.29) is 11.8 Å². The van der Waals surface area contributed by atoms with Crippen molar-refractivity contribution in [3.63, 3.8) is 0 Å². The second-order valence-electron chi connectivity index (χ2n) is 14.5. The highest BCUT2D eigenvalue weighted by atomic mass is 16.2. The summed E-state index contributed by atoms with van der Waals surface area (Å²) in [5, 5.41) is 15.9. The highest BCUT2D eigenvalue weighted by Gasteiger charge is 2.36. The minimum atomic E-state index is -0.765. The number of aromatic amines is 2. The molecule has 3 N–H and O–H groups in total. The van der Waals surface area contributed by atoms with E-state index in [0.717, 1.165) is 65.9 Å². The third kappa shape index (κ3) is 7.33. The molecule has 0 aliphatic rings. The molecule has 0 spiro atoms. The SMILES string of the molecule is Cc1cc(C)cc(-c2[nH]c3cnc(C(C)(C)C(=O)N(CC(C)C)CC(C)C)cc3c2[C@H](C)CNCCc2ccc3n[nH]nc3c2)c1. The minimum Gasteiger partial charge on any atom is -0.353 e. The molecule has 0 saturated carbocycles. The van der Waals surface area contributed by atoms with Gasteiger partial charge in [0.2, 0.25) is 5.91 Å². The summed E-state index contributed by atoms with van der Waals surface area (Å²) in [6.07, 6.45) is 2.83. The van der Waals surface area contributed by atoms with Crippen molar-refractivity contribution in [2.75, 3.05) is 26.2 Å². The van der Waals surface area contributed by atoms with E-state index in [1.807, 2.05) is 31.0 Å². The largest absolute Gasteiger partial charge is 0.353 e. The highest BCUT2D eigenvalue weighted by Crippen LogP contribution is 2.38. The summed E-state index contributed by atoms with van der Waals surface area (Å²) in [7, 11) is 0. The van der Waals surface area contributed by atoms with Crippen LogP contribution in [-0.2, 0) is 16.6 Å². The first-order valence-corrected chi connectivity index (χ1v) is 16.7. The van der Waals surface area contributed by atoms with Gasteiger partial charge in [-0.15, -0.1) is 0 Å². The zero-order chi connectivity index (χ0) is 33.2. The molecule has 1 amide bonds. The van der Waals surface area contributed by atoms with Gasteiger partial charge in [-0.3, -0.25) is 9.78 Å². The fourth-order valence-electron chi connectivity index (χ4n) is 6.64. The number of fused-ring (bicyclic) bond motifs is 2. The Balaban J connectivity index is 1.46. The van der Waals surface area contributed by atoms with Crippen LogP contribution < -0.4 is 5.32 Å². The number of carbonyl (C=O) groups excluding carboxylic acids is 1. The molecular weight excluding hydrogens is 570 g/mol. The average molecular weight is 622 g/mol. The number of benzene rings is 2. The van der Waals surface area contributed by atoms with E-state index in [1.165, 1.54) is 27.8 Å². The number of hydrogen-bond donors (Lipinski definition) is 3. The van der Waals surface area contributed by atoms with Gasteiger partial charge in [0.1, 0.15) is 11.0 Å². The van der Waals surface area contributed by atoms with E-state index >= 15 is 0 Å². The second kappa shape index (κ2) is 13.8. The molecule has 1 atom stereocenters. The van der Waals surface area contributed by atoms with Crippen LogP contribution in [0.4, 0.5) is 0 Å². The Hall–Kier alpha value is -4.04. The normalized spacial score (nSPS) is 12.9. The topological polar surface area (TPSA) is 103 Å². The van der Waals surface area contributed by atoms with Crippen LogP contribution in [-0.4, -0.2) is 62.4 Å². The first-order valence-electron chi connectivity index (χ1n) is 16.7. The van der Waals surface area contributed by atoms with Crippen molar-refractivity contribution >= 4 is 27.8 Å². The van der Waals surface area contributed by atoms with E-state index in [4.69, 9.17) is 4.98 Å². The lowest BCUT2D eigenvalue weighted by atomic mass is 9.85. The maximum atomic E-state index is 14.1. The summed E-state index contributed by atoms with van der Waals surface area (Å²) in [4.78, 5) is 24.8. The molecule has 5 aromatic rings. The molecule has 0 saturated heterocycles. The third-order valence-corrected chi connectivity index (χ3v) is 8.78. The van der Waals surface area contributed by atoms with Gasteiger partial charge >= 0.3 is 0 Å².